The highest BCUT2D eigenvalue weighted by atomic mass is 32.1. The van der Waals surface area contributed by atoms with Crippen molar-refractivity contribution in [2.75, 3.05) is 6.54 Å². The predicted molar refractivity (Wildman–Crippen MR) is 109 cm³/mol. The molecule has 0 bridgehead atoms. The largest absolute Gasteiger partial charge is 0.352 e. The van der Waals surface area contributed by atoms with Gasteiger partial charge in [0.25, 0.3) is 5.91 Å². The van der Waals surface area contributed by atoms with Crippen molar-refractivity contribution >= 4 is 22.9 Å². The Morgan fingerprint density at radius 3 is 2.93 bits per heavy atom. The van der Waals surface area contributed by atoms with Gasteiger partial charge in [-0.3, -0.25) is 4.79 Å². The highest BCUT2D eigenvalue weighted by Crippen LogP contribution is 2.26. The number of amides is 1. The first-order valence-corrected chi connectivity index (χ1v) is 9.91. The van der Waals surface area contributed by atoms with Gasteiger partial charge in [0, 0.05) is 17.7 Å². The molecule has 0 spiro atoms. The summed E-state index contributed by atoms with van der Waals surface area (Å²) in [5.41, 5.74) is 4.12. The van der Waals surface area contributed by atoms with E-state index in [4.69, 9.17) is 5.10 Å². The molecule has 4 rings (SSSR count). The van der Waals surface area contributed by atoms with Crippen molar-refractivity contribution in [2.45, 2.75) is 19.8 Å². The van der Waals surface area contributed by atoms with Gasteiger partial charge < -0.3 is 5.32 Å². The number of aromatic nitrogens is 3. The molecule has 4 aromatic rings. The second-order valence-electron chi connectivity index (χ2n) is 6.30. The Bertz CT molecular complexity index is 1070. The number of unbranched alkanes of at least 4 members (excludes halogenated alkanes) is 1. The van der Waals surface area contributed by atoms with E-state index in [1.54, 1.807) is 17.5 Å². The summed E-state index contributed by atoms with van der Waals surface area (Å²) in [7, 11) is 0. The van der Waals surface area contributed by atoms with Gasteiger partial charge in [0.1, 0.15) is 5.69 Å². The Morgan fingerprint density at radius 1 is 1.19 bits per heavy atom. The Labute approximate surface area is 161 Å². The van der Waals surface area contributed by atoms with Gasteiger partial charge in [0.15, 0.2) is 5.65 Å². The summed E-state index contributed by atoms with van der Waals surface area (Å²) < 4.78 is 1.84. The average molecular weight is 376 g/mol. The number of carbonyl (C=O) groups excluding carboxylic acids is 1. The van der Waals surface area contributed by atoms with E-state index in [1.807, 2.05) is 52.4 Å². The molecule has 3 aromatic heterocycles. The minimum Gasteiger partial charge on any atom is -0.352 e. The minimum atomic E-state index is -0.0497. The zero-order chi connectivity index (χ0) is 18.6. The number of thiophene rings is 1. The van der Waals surface area contributed by atoms with Gasteiger partial charge in [-0.15, -0.1) is 11.3 Å². The van der Waals surface area contributed by atoms with Gasteiger partial charge in [-0.2, -0.15) is 5.10 Å². The molecule has 1 amide bonds. The van der Waals surface area contributed by atoms with Crippen LogP contribution in [0.15, 0.2) is 60.1 Å². The fourth-order valence-corrected chi connectivity index (χ4v) is 3.62. The third-order valence-electron chi connectivity index (χ3n) is 4.37. The first kappa shape index (κ1) is 17.4. The van der Waals surface area contributed by atoms with Crippen molar-refractivity contribution < 1.29 is 4.79 Å². The molecule has 0 radical (unpaired) electrons. The standard InChI is InChI=1S/C21H20N4OS/c1-2-3-11-22-21(26)16-7-4-6-15(13-16)18-14-23-20-10-9-17(24-25(18)20)19-8-5-12-27-19/h4-10,12-14H,2-3,11H2,1H3,(H,22,26). The minimum absolute atomic E-state index is 0.0497. The van der Waals surface area contributed by atoms with Crippen LogP contribution in [0.4, 0.5) is 0 Å². The van der Waals surface area contributed by atoms with E-state index in [9.17, 15) is 4.79 Å². The number of benzene rings is 1. The van der Waals surface area contributed by atoms with E-state index < -0.39 is 0 Å². The SMILES string of the molecule is CCCCNC(=O)c1cccc(-c2cnc3ccc(-c4cccs4)nn23)c1. The number of fused-ring (bicyclic) bond motifs is 1. The molecule has 0 aliphatic carbocycles. The van der Waals surface area contributed by atoms with Crippen molar-refractivity contribution in [3.63, 3.8) is 0 Å². The van der Waals surface area contributed by atoms with Gasteiger partial charge in [0.2, 0.25) is 0 Å². The number of carbonyl (C=O) groups is 1. The van der Waals surface area contributed by atoms with Gasteiger partial charge in [-0.05, 0) is 42.1 Å². The molecule has 0 saturated heterocycles. The van der Waals surface area contributed by atoms with Crippen molar-refractivity contribution in [3.05, 3.63) is 65.7 Å². The summed E-state index contributed by atoms with van der Waals surface area (Å²) >= 11 is 1.66. The maximum atomic E-state index is 12.4. The monoisotopic (exact) mass is 376 g/mol. The molecule has 136 valence electrons. The van der Waals surface area contributed by atoms with Crippen molar-refractivity contribution in [3.8, 4) is 21.8 Å². The quantitative estimate of drug-likeness (QED) is 0.498. The first-order chi connectivity index (χ1) is 13.3. The highest BCUT2D eigenvalue weighted by molar-refractivity contribution is 7.13. The molecule has 0 saturated carbocycles. The Balaban J connectivity index is 1.69. The average Bonchev–Trinajstić information content (AvgIpc) is 3.37. The van der Waals surface area contributed by atoms with Gasteiger partial charge in [-0.1, -0.05) is 31.5 Å². The van der Waals surface area contributed by atoms with Gasteiger partial charge >= 0.3 is 0 Å². The van der Waals surface area contributed by atoms with E-state index in [0.717, 1.165) is 40.3 Å². The smallest absolute Gasteiger partial charge is 0.251 e. The Hall–Kier alpha value is -2.99. The second kappa shape index (κ2) is 7.72. The van der Waals surface area contributed by atoms with Crippen LogP contribution in [0.1, 0.15) is 30.1 Å². The molecule has 3 heterocycles. The molecule has 1 aromatic carbocycles. The summed E-state index contributed by atoms with van der Waals surface area (Å²) in [6, 6.07) is 15.6. The first-order valence-electron chi connectivity index (χ1n) is 9.03. The fourth-order valence-electron chi connectivity index (χ4n) is 2.93. The summed E-state index contributed by atoms with van der Waals surface area (Å²) in [5, 5.41) is 9.75. The molecule has 0 fully saturated rings. The summed E-state index contributed by atoms with van der Waals surface area (Å²) in [4.78, 5) is 17.9. The Kier molecular flexibility index (Phi) is 4.98. The van der Waals surface area contributed by atoms with E-state index in [-0.39, 0.29) is 5.91 Å². The maximum absolute atomic E-state index is 12.4. The molecular formula is C21H20N4OS. The van der Waals surface area contributed by atoms with Crippen LogP contribution in [-0.2, 0) is 0 Å². The van der Waals surface area contributed by atoms with Gasteiger partial charge in [-0.25, -0.2) is 9.50 Å². The lowest BCUT2D eigenvalue weighted by molar-refractivity contribution is 0.0953. The van der Waals surface area contributed by atoms with Crippen molar-refractivity contribution in [1.29, 1.82) is 0 Å². The van der Waals surface area contributed by atoms with E-state index in [2.05, 4.69) is 23.3 Å². The normalized spacial score (nSPS) is 11.0. The van der Waals surface area contributed by atoms with Crippen LogP contribution in [-0.4, -0.2) is 27.0 Å². The van der Waals surface area contributed by atoms with Crippen molar-refractivity contribution in [2.24, 2.45) is 0 Å². The summed E-state index contributed by atoms with van der Waals surface area (Å²) in [6.07, 6.45) is 3.84. The number of rotatable bonds is 6. The second-order valence-corrected chi connectivity index (χ2v) is 7.25. The molecule has 0 unspecified atom stereocenters. The Morgan fingerprint density at radius 2 is 2.11 bits per heavy atom. The zero-order valence-corrected chi connectivity index (χ0v) is 15.9. The third kappa shape index (κ3) is 3.61. The van der Waals surface area contributed by atoms with Crippen LogP contribution < -0.4 is 5.32 Å². The molecular weight excluding hydrogens is 356 g/mol. The van der Waals surface area contributed by atoms with Crippen LogP contribution in [0.25, 0.3) is 27.5 Å². The predicted octanol–water partition coefficient (Wildman–Crippen LogP) is 4.65. The molecule has 0 aliphatic rings. The number of imidazole rings is 1. The number of nitrogens with zero attached hydrogens (tertiary/aromatic N) is 3. The van der Waals surface area contributed by atoms with Crippen LogP contribution in [0, 0.1) is 0 Å². The molecule has 27 heavy (non-hydrogen) atoms. The third-order valence-corrected chi connectivity index (χ3v) is 5.26. The lowest BCUT2D eigenvalue weighted by Crippen LogP contribution is -2.24. The molecule has 6 heteroatoms. The number of hydrogen-bond acceptors (Lipinski definition) is 4. The topological polar surface area (TPSA) is 59.3 Å². The number of hydrogen-bond donors (Lipinski definition) is 1. The summed E-state index contributed by atoms with van der Waals surface area (Å²) in [5.74, 6) is -0.0497. The fraction of sp³-hybridized carbons (Fsp3) is 0.190. The van der Waals surface area contributed by atoms with Crippen LogP contribution in [0.3, 0.4) is 0 Å². The van der Waals surface area contributed by atoms with E-state index in [0.29, 0.717) is 12.1 Å². The van der Waals surface area contributed by atoms with E-state index in [1.165, 1.54) is 0 Å². The molecule has 5 nitrogen and oxygen atoms in total. The molecule has 0 atom stereocenters. The summed E-state index contributed by atoms with van der Waals surface area (Å²) in [6.45, 7) is 2.80. The lowest BCUT2D eigenvalue weighted by atomic mass is 10.1. The van der Waals surface area contributed by atoms with Crippen LogP contribution >= 0.6 is 11.3 Å². The molecule has 0 aliphatic heterocycles. The lowest BCUT2D eigenvalue weighted by Gasteiger charge is -2.07. The zero-order valence-electron chi connectivity index (χ0n) is 15.1. The van der Waals surface area contributed by atoms with Crippen LogP contribution in [0.2, 0.25) is 0 Å². The van der Waals surface area contributed by atoms with Gasteiger partial charge in [0.05, 0.1) is 16.8 Å². The molecule has 1 N–H and O–H groups in total. The van der Waals surface area contributed by atoms with Crippen molar-refractivity contribution in [1.82, 2.24) is 19.9 Å². The maximum Gasteiger partial charge on any atom is 0.251 e. The number of nitrogens with one attached hydrogen (secondary N) is 1. The van der Waals surface area contributed by atoms with E-state index >= 15 is 0 Å². The van der Waals surface area contributed by atoms with Crippen LogP contribution in [0.5, 0.6) is 0 Å². The highest BCUT2D eigenvalue weighted by Gasteiger charge is 2.12.